The monoisotopic (exact) mass is 288 g/mol. The second-order valence-corrected chi connectivity index (χ2v) is 5.22. The van der Waals surface area contributed by atoms with Crippen molar-refractivity contribution in [1.29, 1.82) is 0 Å². The van der Waals surface area contributed by atoms with Crippen LogP contribution in [0.5, 0.6) is 0 Å². The molecular weight excluding hydrogens is 264 g/mol. The molecular formula is C17H24N2O2. The Morgan fingerprint density at radius 1 is 1.38 bits per heavy atom. The summed E-state index contributed by atoms with van der Waals surface area (Å²) >= 11 is 0. The summed E-state index contributed by atoms with van der Waals surface area (Å²) in [5, 5.41) is 8.72. The first-order chi connectivity index (χ1) is 10.1. The van der Waals surface area contributed by atoms with Crippen LogP contribution in [-0.2, 0) is 0 Å². The van der Waals surface area contributed by atoms with E-state index < -0.39 is 0 Å². The van der Waals surface area contributed by atoms with Gasteiger partial charge in [-0.3, -0.25) is 9.78 Å². The first-order valence-corrected chi connectivity index (χ1v) is 7.45. The van der Waals surface area contributed by atoms with Crippen LogP contribution in [0.4, 0.5) is 0 Å². The predicted octanol–water partition coefficient (Wildman–Crippen LogP) is 2.47. The van der Waals surface area contributed by atoms with E-state index in [2.05, 4.69) is 23.7 Å². The van der Waals surface area contributed by atoms with Crippen molar-refractivity contribution in [3.63, 3.8) is 0 Å². The van der Waals surface area contributed by atoms with Crippen molar-refractivity contribution in [2.24, 2.45) is 0 Å². The Labute approximate surface area is 127 Å². The Kier molecular flexibility index (Phi) is 7.49. The molecule has 4 heteroatoms. The average Bonchev–Trinajstić information content (AvgIpc) is 2.49. The third-order valence-electron chi connectivity index (χ3n) is 3.18. The van der Waals surface area contributed by atoms with E-state index in [1.165, 1.54) is 0 Å². The van der Waals surface area contributed by atoms with E-state index in [4.69, 9.17) is 5.11 Å². The van der Waals surface area contributed by atoms with Crippen molar-refractivity contribution in [2.45, 2.75) is 46.1 Å². The highest BCUT2D eigenvalue weighted by atomic mass is 16.2. The third-order valence-corrected chi connectivity index (χ3v) is 3.18. The lowest BCUT2D eigenvalue weighted by Crippen LogP contribution is -2.37. The summed E-state index contributed by atoms with van der Waals surface area (Å²) in [6.07, 6.45) is 6.43. The van der Waals surface area contributed by atoms with E-state index in [-0.39, 0.29) is 18.6 Å². The molecule has 0 aliphatic carbocycles. The molecule has 0 atom stereocenters. The second-order valence-electron chi connectivity index (χ2n) is 5.22. The minimum atomic E-state index is -0.201. The van der Waals surface area contributed by atoms with Crippen LogP contribution in [0.25, 0.3) is 0 Å². The summed E-state index contributed by atoms with van der Waals surface area (Å²) in [7, 11) is 0. The zero-order chi connectivity index (χ0) is 15.7. The fourth-order valence-electron chi connectivity index (χ4n) is 2.06. The number of hydrogen-bond acceptors (Lipinski definition) is 3. The summed E-state index contributed by atoms with van der Waals surface area (Å²) in [4.78, 5) is 18.5. The highest BCUT2D eigenvalue weighted by molar-refractivity contribution is 5.94. The molecule has 0 radical (unpaired) electrons. The Hall–Kier alpha value is -1.86. The van der Waals surface area contributed by atoms with Crippen molar-refractivity contribution in [1.82, 2.24) is 9.88 Å². The Morgan fingerprint density at radius 3 is 2.76 bits per heavy atom. The van der Waals surface area contributed by atoms with Gasteiger partial charge < -0.3 is 10.0 Å². The lowest BCUT2D eigenvalue weighted by atomic mass is 10.1. The maximum Gasteiger partial charge on any atom is 0.255 e. The van der Waals surface area contributed by atoms with Crippen LogP contribution in [0.15, 0.2) is 18.5 Å². The largest absolute Gasteiger partial charge is 0.384 e. The number of nitrogens with zero attached hydrogens (tertiary/aromatic N) is 2. The normalized spacial score (nSPS) is 10.1. The lowest BCUT2D eigenvalue weighted by molar-refractivity contribution is 0.0702. The molecule has 0 fully saturated rings. The van der Waals surface area contributed by atoms with Gasteiger partial charge in [0.25, 0.3) is 5.91 Å². The number of rotatable bonds is 6. The first kappa shape index (κ1) is 17.2. The number of hydrogen-bond donors (Lipinski definition) is 1. The van der Waals surface area contributed by atoms with Crippen LogP contribution >= 0.6 is 0 Å². The zero-order valence-electron chi connectivity index (χ0n) is 13.1. The number of pyridine rings is 1. The van der Waals surface area contributed by atoms with E-state index >= 15 is 0 Å². The zero-order valence-corrected chi connectivity index (χ0v) is 13.1. The summed E-state index contributed by atoms with van der Waals surface area (Å²) in [5.41, 5.74) is 1.19. The molecule has 0 saturated carbocycles. The molecule has 1 amide bonds. The Bertz CT molecular complexity index is 515. The van der Waals surface area contributed by atoms with Crippen molar-refractivity contribution in [3.05, 3.63) is 29.6 Å². The molecule has 0 bridgehead atoms. The summed E-state index contributed by atoms with van der Waals surface area (Å²) in [6.45, 7) is 6.75. The molecule has 1 aromatic rings. The van der Waals surface area contributed by atoms with E-state index in [1.807, 2.05) is 18.7 Å². The van der Waals surface area contributed by atoms with Crippen LogP contribution in [-0.4, -0.2) is 40.1 Å². The molecule has 0 saturated heterocycles. The summed E-state index contributed by atoms with van der Waals surface area (Å²) in [5.74, 6) is 5.33. The van der Waals surface area contributed by atoms with Crippen molar-refractivity contribution in [2.75, 3.05) is 13.2 Å². The van der Waals surface area contributed by atoms with Gasteiger partial charge in [-0.1, -0.05) is 31.6 Å². The molecule has 1 aromatic heterocycles. The number of unbranched alkanes of at least 4 members (excludes halogenated alkanes) is 2. The smallest absolute Gasteiger partial charge is 0.255 e. The van der Waals surface area contributed by atoms with Gasteiger partial charge in [-0.05, 0) is 26.3 Å². The molecule has 1 rings (SSSR count). The quantitative estimate of drug-likeness (QED) is 0.646. The van der Waals surface area contributed by atoms with Gasteiger partial charge in [0.1, 0.15) is 6.61 Å². The average molecular weight is 288 g/mol. The van der Waals surface area contributed by atoms with Gasteiger partial charge in [0, 0.05) is 30.5 Å². The standard InChI is InChI=1S/C17H24N2O2/c1-4-5-6-9-19(14(2)3)17(21)16-11-15(8-7-10-20)12-18-13-16/h11-14,20H,4-6,9-10H2,1-3H3. The molecule has 0 aromatic carbocycles. The SMILES string of the molecule is CCCCCN(C(=O)c1cncc(C#CCO)c1)C(C)C. The molecule has 4 nitrogen and oxygen atoms in total. The van der Waals surface area contributed by atoms with E-state index in [1.54, 1.807) is 18.5 Å². The van der Waals surface area contributed by atoms with Gasteiger partial charge in [-0.2, -0.15) is 0 Å². The fraction of sp³-hybridized carbons (Fsp3) is 0.529. The first-order valence-electron chi connectivity index (χ1n) is 7.45. The van der Waals surface area contributed by atoms with Crippen LogP contribution in [0.2, 0.25) is 0 Å². The third kappa shape index (κ3) is 5.57. The number of aliphatic hydroxyl groups is 1. The molecule has 0 aliphatic rings. The molecule has 0 unspecified atom stereocenters. The van der Waals surface area contributed by atoms with Crippen molar-refractivity contribution < 1.29 is 9.90 Å². The topological polar surface area (TPSA) is 53.4 Å². The number of aromatic nitrogens is 1. The second kappa shape index (κ2) is 9.15. The molecule has 114 valence electrons. The van der Waals surface area contributed by atoms with Gasteiger partial charge >= 0.3 is 0 Å². The van der Waals surface area contributed by atoms with E-state index in [9.17, 15) is 4.79 Å². The maximum atomic E-state index is 12.6. The van der Waals surface area contributed by atoms with Crippen LogP contribution in [0, 0.1) is 11.8 Å². The van der Waals surface area contributed by atoms with Crippen LogP contribution < -0.4 is 0 Å². The minimum Gasteiger partial charge on any atom is -0.384 e. The van der Waals surface area contributed by atoms with Gasteiger partial charge in [0.2, 0.25) is 0 Å². The summed E-state index contributed by atoms with van der Waals surface area (Å²) in [6, 6.07) is 1.88. The van der Waals surface area contributed by atoms with Gasteiger partial charge in [0.05, 0.1) is 5.56 Å². The van der Waals surface area contributed by atoms with Gasteiger partial charge in [-0.25, -0.2) is 0 Å². The van der Waals surface area contributed by atoms with E-state index in [0.717, 1.165) is 25.8 Å². The molecule has 0 aliphatic heterocycles. The lowest BCUT2D eigenvalue weighted by Gasteiger charge is -2.26. The van der Waals surface area contributed by atoms with Crippen LogP contribution in [0.1, 0.15) is 56.0 Å². The van der Waals surface area contributed by atoms with Crippen molar-refractivity contribution >= 4 is 5.91 Å². The number of carbonyl (C=O) groups excluding carboxylic acids is 1. The number of aliphatic hydroxyl groups excluding tert-OH is 1. The molecule has 21 heavy (non-hydrogen) atoms. The van der Waals surface area contributed by atoms with E-state index in [0.29, 0.717) is 11.1 Å². The highest BCUT2D eigenvalue weighted by Gasteiger charge is 2.18. The highest BCUT2D eigenvalue weighted by Crippen LogP contribution is 2.11. The fourth-order valence-corrected chi connectivity index (χ4v) is 2.06. The maximum absolute atomic E-state index is 12.6. The molecule has 0 spiro atoms. The Morgan fingerprint density at radius 2 is 2.14 bits per heavy atom. The van der Waals surface area contributed by atoms with Gasteiger partial charge in [0.15, 0.2) is 0 Å². The molecule has 1 heterocycles. The van der Waals surface area contributed by atoms with Crippen LogP contribution in [0.3, 0.4) is 0 Å². The predicted molar refractivity (Wildman–Crippen MR) is 83.9 cm³/mol. The minimum absolute atomic E-state index is 0.0127. The van der Waals surface area contributed by atoms with Gasteiger partial charge in [-0.15, -0.1) is 0 Å². The molecule has 1 N–H and O–H groups in total. The summed E-state index contributed by atoms with van der Waals surface area (Å²) < 4.78 is 0. The number of amides is 1. The Balaban J connectivity index is 2.87. The number of carbonyl (C=O) groups is 1. The van der Waals surface area contributed by atoms with Crippen molar-refractivity contribution in [3.8, 4) is 11.8 Å².